The third-order valence-corrected chi connectivity index (χ3v) is 5.97. The van der Waals surface area contributed by atoms with Crippen LogP contribution >= 0.6 is 0 Å². The van der Waals surface area contributed by atoms with E-state index in [2.05, 4.69) is 65.0 Å². The molecule has 0 bridgehead atoms. The summed E-state index contributed by atoms with van der Waals surface area (Å²) in [5, 5.41) is 6.63. The van der Waals surface area contributed by atoms with Gasteiger partial charge in [0.2, 0.25) is 0 Å². The Balaban J connectivity index is 1.47. The fourth-order valence-corrected chi connectivity index (χ4v) is 4.29. The number of anilines is 1. The molecule has 32 heavy (non-hydrogen) atoms. The van der Waals surface area contributed by atoms with Crippen LogP contribution in [0.25, 0.3) is 11.1 Å². The van der Waals surface area contributed by atoms with E-state index in [1.807, 2.05) is 19.2 Å². The van der Waals surface area contributed by atoms with Crippen molar-refractivity contribution in [3.05, 3.63) is 71.7 Å². The van der Waals surface area contributed by atoms with E-state index in [9.17, 15) is 0 Å². The van der Waals surface area contributed by atoms with Gasteiger partial charge in [-0.15, -0.1) is 0 Å². The lowest BCUT2D eigenvalue weighted by molar-refractivity contribution is 0.314. The lowest BCUT2D eigenvalue weighted by Gasteiger charge is -2.23. The number of aromatic nitrogens is 2. The number of methoxy groups -OCH3 is 1. The molecule has 0 spiro atoms. The van der Waals surface area contributed by atoms with Gasteiger partial charge in [-0.3, -0.25) is 4.90 Å². The summed E-state index contributed by atoms with van der Waals surface area (Å²) in [5.74, 6) is 3.19. The zero-order valence-electron chi connectivity index (χ0n) is 19.3. The van der Waals surface area contributed by atoms with Gasteiger partial charge in [0.05, 0.1) is 12.8 Å². The van der Waals surface area contributed by atoms with Gasteiger partial charge in [0, 0.05) is 32.1 Å². The van der Waals surface area contributed by atoms with Gasteiger partial charge in [-0.2, -0.15) is 0 Å². The maximum atomic E-state index is 5.38. The quantitative estimate of drug-likeness (QED) is 0.555. The molecule has 1 aliphatic rings. The molecular weight excluding hydrogens is 398 g/mol. The molecule has 0 aliphatic carbocycles. The first-order valence-corrected chi connectivity index (χ1v) is 11.3. The molecule has 6 nitrogen and oxygen atoms in total. The van der Waals surface area contributed by atoms with Crippen LogP contribution in [0.4, 0.5) is 5.82 Å². The second kappa shape index (κ2) is 10.6. The first-order valence-electron chi connectivity index (χ1n) is 11.3. The normalized spacial score (nSPS) is 14.5. The zero-order valence-corrected chi connectivity index (χ0v) is 19.3. The Morgan fingerprint density at radius 1 is 1.00 bits per heavy atom. The van der Waals surface area contributed by atoms with E-state index >= 15 is 0 Å². The van der Waals surface area contributed by atoms with Crippen LogP contribution in [0.15, 0.2) is 54.6 Å². The van der Waals surface area contributed by atoms with Crippen LogP contribution in [0, 0.1) is 0 Å². The number of nitrogens with zero attached hydrogens (tertiary/aromatic N) is 3. The van der Waals surface area contributed by atoms with E-state index in [0.29, 0.717) is 5.92 Å². The van der Waals surface area contributed by atoms with Gasteiger partial charge in [-0.25, -0.2) is 9.97 Å². The van der Waals surface area contributed by atoms with E-state index in [1.54, 1.807) is 7.11 Å². The minimum absolute atomic E-state index is 0.438. The van der Waals surface area contributed by atoms with Crippen molar-refractivity contribution in [3.8, 4) is 16.9 Å². The molecule has 168 valence electrons. The highest BCUT2D eigenvalue weighted by molar-refractivity contribution is 5.65. The summed E-state index contributed by atoms with van der Waals surface area (Å²) in [7, 11) is 5.77. The van der Waals surface area contributed by atoms with Crippen LogP contribution < -0.4 is 15.4 Å². The maximum Gasteiger partial charge on any atom is 0.134 e. The van der Waals surface area contributed by atoms with Crippen LogP contribution in [0.3, 0.4) is 0 Å². The Labute approximate surface area is 191 Å². The van der Waals surface area contributed by atoms with Crippen LogP contribution in [0.5, 0.6) is 5.75 Å². The molecular formula is C26H33N5O. The molecule has 2 heterocycles. The van der Waals surface area contributed by atoms with Crippen molar-refractivity contribution in [2.45, 2.75) is 31.8 Å². The summed E-state index contributed by atoms with van der Waals surface area (Å²) >= 11 is 0. The Kier molecular flexibility index (Phi) is 7.35. The summed E-state index contributed by atoms with van der Waals surface area (Å²) in [6.45, 7) is 3.70. The monoisotopic (exact) mass is 431 g/mol. The largest absolute Gasteiger partial charge is 0.497 e. The van der Waals surface area contributed by atoms with Gasteiger partial charge < -0.3 is 15.4 Å². The van der Waals surface area contributed by atoms with E-state index in [0.717, 1.165) is 67.7 Å². The highest BCUT2D eigenvalue weighted by Crippen LogP contribution is 2.26. The molecule has 1 aliphatic heterocycles. The number of nitrogens with one attached hydrogen (secondary N) is 2. The zero-order chi connectivity index (χ0) is 22.3. The minimum Gasteiger partial charge on any atom is -0.497 e. The smallest absolute Gasteiger partial charge is 0.134 e. The van der Waals surface area contributed by atoms with Crippen molar-refractivity contribution in [3.63, 3.8) is 0 Å². The summed E-state index contributed by atoms with van der Waals surface area (Å²) in [6, 6.07) is 19.0. The van der Waals surface area contributed by atoms with Gasteiger partial charge in [-0.1, -0.05) is 30.3 Å². The van der Waals surface area contributed by atoms with Crippen molar-refractivity contribution >= 4 is 5.82 Å². The molecule has 1 aromatic heterocycles. The predicted molar refractivity (Wildman–Crippen MR) is 130 cm³/mol. The fourth-order valence-electron chi connectivity index (χ4n) is 4.29. The molecule has 1 fully saturated rings. The van der Waals surface area contributed by atoms with Gasteiger partial charge in [-0.05, 0) is 67.9 Å². The first kappa shape index (κ1) is 22.2. The van der Waals surface area contributed by atoms with E-state index in [4.69, 9.17) is 14.7 Å². The lowest BCUT2D eigenvalue weighted by atomic mass is 9.97. The second-order valence-corrected chi connectivity index (χ2v) is 8.48. The van der Waals surface area contributed by atoms with Crippen molar-refractivity contribution in [2.75, 3.05) is 39.6 Å². The number of ether oxygens (including phenoxy) is 1. The molecule has 3 aromatic rings. The van der Waals surface area contributed by atoms with Crippen molar-refractivity contribution in [1.82, 2.24) is 20.2 Å². The number of hydrogen-bond donors (Lipinski definition) is 2. The standard InChI is InChI=1S/C26H33N5O/c1-27-25-16-23(29-26(30-25)20-10-12-28-13-11-20)18-31(2)17-19-6-4-7-21(14-19)22-8-5-9-24(15-22)32-3/h4-9,14-16,20,28H,10-13,17-18H2,1-3H3,(H,27,29,30). The molecule has 2 N–H and O–H groups in total. The third kappa shape index (κ3) is 5.64. The maximum absolute atomic E-state index is 5.38. The van der Waals surface area contributed by atoms with E-state index < -0.39 is 0 Å². The Morgan fingerprint density at radius 3 is 2.50 bits per heavy atom. The van der Waals surface area contributed by atoms with Crippen molar-refractivity contribution in [2.24, 2.45) is 0 Å². The SMILES string of the molecule is CNc1cc(CN(C)Cc2cccc(-c3cccc(OC)c3)c2)nc(C2CCNCC2)n1. The van der Waals surface area contributed by atoms with Gasteiger partial charge in [0.1, 0.15) is 17.4 Å². The second-order valence-electron chi connectivity index (χ2n) is 8.48. The van der Waals surface area contributed by atoms with E-state index in [1.165, 1.54) is 11.1 Å². The van der Waals surface area contributed by atoms with Crippen LogP contribution in [0.2, 0.25) is 0 Å². The van der Waals surface area contributed by atoms with Gasteiger partial charge >= 0.3 is 0 Å². The summed E-state index contributed by atoms with van der Waals surface area (Å²) < 4.78 is 5.38. The fraction of sp³-hybridized carbons (Fsp3) is 0.385. The molecule has 0 amide bonds. The molecule has 1 saturated heterocycles. The highest BCUT2D eigenvalue weighted by Gasteiger charge is 2.19. The number of piperidine rings is 1. The number of hydrogen-bond acceptors (Lipinski definition) is 6. The van der Waals surface area contributed by atoms with Gasteiger partial charge in [0.15, 0.2) is 0 Å². The average Bonchev–Trinajstić information content (AvgIpc) is 2.84. The topological polar surface area (TPSA) is 62.3 Å². The molecule has 0 atom stereocenters. The van der Waals surface area contributed by atoms with E-state index in [-0.39, 0.29) is 0 Å². The molecule has 0 unspecified atom stereocenters. The van der Waals surface area contributed by atoms with Gasteiger partial charge in [0.25, 0.3) is 0 Å². The minimum atomic E-state index is 0.438. The molecule has 0 radical (unpaired) electrons. The summed E-state index contributed by atoms with van der Waals surface area (Å²) in [4.78, 5) is 12.0. The highest BCUT2D eigenvalue weighted by atomic mass is 16.5. The Bertz CT molecular complexity index is 1030. The predicted octanol–water partition coefficient (Wildman–Crippen LogP) is 4.29. The van der Waals surface area contributed by atoms with Crippen LogP contribution in [0.1, 0.15) is 35.8 Å². The van der Waals surface area contributed by atoms with Crippen molar-refractivity contribution < 1.29 is 4.74 Å². The average molecular weight is 432 g/mol. The van der Waals surface area contributed by atoms with Crippen molar-refractivity contribution in [1.29, 1.82) is 0 Å². The summed E-state index contributed by atoms with van der Waals surface area (Å²) in [6.07, 6.45) is 2.19. The van der Waals surface area contributed by atoms with Crippen LogP contribution in [-0.2, 0) is 13.1 Å². The number of rotatable bonds is 8. The summed E-state index contributed by atoms with van der Waals surface area (Å²) in [5.41, 5.74) is 4.69. The molecule has 6 heteroatoms. The first-order chi connectivity index (χ1) is 15.6. The number of benzene rings is 2. The Hall–Kier alpha value is -2.96. The lowest BCUT2D eigenvalue weighted by Crippen LogP contribution is -2.28. The Morgan fingerprint density at radius 2 is 1.75 bits per heavy atom. The molecule has 2 aromatic carbocycles. The molecule has 4 rings (SSSR count). The van der Waals surface area contributed by atoms with Crippen LogP contribution in [-0.4, -0.2) is 49.2 Å². The third-order valence-electron chi connectivity index (χ3n) is 5.97. The molecule has 0 saturated carbocycles.